The van der Waals surface area contributed by atoms with Crippen LogP contribution in [0.2, 0.25) is 0 Å². The van der Waals surface area contributed by atoms with Crippen molar-refractivity contribution in [3.05, 3.63) is 24.0 Å². The highest BCUT2D eigenvalue weighted by Gasteiger charge is 2.12. The average Bonchev–Trinajstić information content (AvgIpc) is 2.35. The van der Waals surface area contributed by atoms with Gasteiger partial charge in [-0.3, -0.25) is 4.98 Å². The van der Waals surface area contributed by atoms with Gasteiger partial charge in [-0.2, -0.15) is 0 Å². The third-order valence-electron chi connectivity index (χ3n) is 3.36. The predicted octanol–water partition coefficient (Wildman–Crippen LogP) is 3.01. The van der Waals surface area contributed by atoms with Crippen LogP contribution < -0.4 is 11.1 Å². The molecule has 1 atom stereocenters. The maximum atomic E-state index is 5.92. The number of anilines is 1. The molecule has 0 amide bonds. The molecule has 102 valence electrons. The molecule has 0 fully saturated rings. The van der Waals surface area contributed by atoms with E-state index in [0.717, 1.165) is 25.1 Å². The highest BCUT2D eigenvalue weighted by molar-refractivity contribution is 5.44. The van der Waals surface area contributed by atoms with Crippen LogP contribution >= 0.6 is 0 Å². The summed E-state index contributed by atoms with van der Waals surface area (Å²) in [7, 11) is 0. The SMILES string of the molecule is CCCNC(CCCc1cnccc1N)C(C)C. The Labute approximate surface area is 111 Å². The van der Waals surface area contributed by atoms with Gasteiger partial charge in [0.2, 0.25) is 0 Å². The molecule has 1 rings (SSSR count). The minimum absolute atomic E-state index is 0.614. The fourth-order valence-corrected chi connectivity index (χ4v) is 2.16. The van der Waals surface area contributed by atoms with E-state index in [1.54, 1.807) is 6.20 Å². The van der Waals surface area contributed by atoms with Crippen molar-refractivity contribution < 1.29 is 0 Å². The number of hydrogen-bond donors (Lipinski definition) is 2. The monoisotopic (exact) mass is 249 g/mol. The number of rotatable bonds is 8. The van der Waals surface area contributed by atoms with E-state index in [1.165, 1.54) is 18.4 Å². The van der Waals surface area contributed by atoms with Crippen LogP contribution in [-0.2, 0) is 6.42 Å². The largest absolute Gasteiger partial charge is 0.398 e. The van der Waals surface area contributed by atoms with Gasteiger partial charge in [-0.25, -0.2) is 0 Å². The lowest BCUT2D eigenvalue weighted by Crippen LogP contribution is -2.34. The van der Waals surface area contributed by atoms with Crippen molar-refractivity contribution in [3.63, 3.8) is 0 Å². The maximum Gasteiger partial charge on any atom is 0.0377 e. The van der Waals surface area contributed by atoms with Crippen LogP contribution in [0.5, 0.6) is 0 Å². The number of aryl methyl sites for hydroxylation is 1. The molecule has 3 nitrogen and oxygen atoms in total. The summed E-state index contributed by atoms with van der Waals surface area (Å²) in [4.78, 5) is 4.13. The predicted molar refractivity (Wildman–Crippen MR) is 78.5 cm³/mol. The van der Waals surface area contributed by atoms with E-state index in [4.69, 9.17) is 5.73 Å². The fourth-order valence-electron chi connectivity index (χ4n) is 2.16. The van der Waals surface area contributed by atoms with E-state index in [9.17, 15) is 0 Å². The highest BCUT2D eigenvalue weighted by Crippen LogP contribution is 2.15. The van der Waals surface area contributed by atoms with Crippen molar-refractivity contribution in [1.82, 2.24) is 10.3 Å². The maximum absolute atomic E-state index is 5.92. The van der Waals surface area contributed by atoms with Crippen LogP contribution in [0, 0.1) is 5.92 Å². The van der Waals surface area contributed by atoms with Crippen molar-refractivity contribution in [2.24, 2.45) is 5.92 Å². The quantitative estimate of drug-likeness (QED) is 0.744. The third kappa shape index (κ3) is 5.05. The van der Waals surface area contributed by atoms with Gasteiger partial charge in [0.25, 0.3) is 0 Å². The Bertz CT molecular complexity index is 336. The average molecular weight is 249 g/mol. The van der Waals surface area contributed by atoms with E-state index < -0.39 is 0 Å². The molecule has 0 aliphatic heterocycles. The molecule has 1 unspecified atom stereocenters. The second kappa shape index (κ2) is 8.09. The molecule has 1 aromatic heterocycles. The van der Waals surface area contributed by atoms with Gasteiger partial charge in [0.1, 0.15) is 0 Å². The summed E-state index contributed by atoms with van der Waals surface area (Å²) in [6.07, 6.45) is 8.22. The van der Waals surface area contributed by atoms with Gasteiger partial charge in [-0.1, -0.05) is 20.8 Å². The Morgan fingerprint density at radius 1 is 1.39 bits per heavy atom. The molecule has 0 aromatic carbocycles. The highest BCUT2D eigenvalue weighted by atomic mass is 14.9. The van der Waals surface area contributed by atoms with Gasteiger partial charge >= 0.3 is 0 Å². The molecular formula is C15H27N3. The minimum atomic E-state index is 0.614. The van der Waals surface area contributed by atoms with Crippen LogP contribution in [0.3, 0.4) is 0 Å². The lowest BCUT2D eigenvalue weighted by atomic mass is 9.96. The number of nitrogens with two attached hydrogens (primary N) is 1. The molecule has 18 heavy (non-hydrogen) atoms. The van der Waals surface area contributed by atoms with Crippen molar-refractivity contribution in [2.45, 2.75) is 52.5 Å². The Morgan fingerprint density at radius 3 is 2.78 bits per heavy atom. The zero-order valence-corrected chi connectivity index (χ0v) is 11.9. The number of hydrogen-bond acceptors (Lipinski definition) is 3. The van der Waals surface area contributed by atoms with Gasteiger partial charge in [0.15, 0.2) is 0 Å². The fraction of sp³-hybridized carbons (Fsp3) is 0.667. The smallest absolute Gasteiger partial charge is 0.0377 e. The normalized spacial score (nSPS) is 12.9. The second-order valence-electron chi connectivity index (χ2n) is 5.27. The van der Waals surface area contributed by atoms with Crippen molar-refractivity contribution in [1.29, 1.82) is 0 Å². The van der Waals surface area contributed by atoms with Crippen molar-refractivity contribution >= 4 is 5.69 Å². The molecule has 0 aliphatic rings. The Balaban J connectivity index is 2.36. The third-order valence-corrected chi connectivity index (χ3v) is 3.36. The number of pyridine rings is 1. The molecule has 0 saturated carbocycles. The van der Waals surface area contributed by atoms with E-state index >= 15 is 0 Å². The zero-order chi connectivity index (χ0) is 13.4. The van der Waals surface area contributed by atoms with Crippen molar-refractivity contribution in [3.8, 4) is 0 Å². The number of nitrogen functional groups attached to an aromatic ring is 1. The molecule has 1 aromatic rings. The van der Waals surface area contributed by atoms with Crippen molar-refractivity contribution in [2.75, 3.05) is 12.3 Å². The first-order valence-electron chi connectivity index (χ1n) is 7.06. The minimum Gasteiger partial charge on any atom is -0.398 e. The summed E-state index contributed by atoms with van der Waals surface area (Å²) in [5.41, 5.74) is 7.97. The molecule has 0 aliphatic carbocycles. The standard InChI is InChI=1S/C15H27N3/c1-4-9-18-15(12(2)3)7-5-6-13-11-17-10-8-14(13)16/h8,10-12,15,18H,4-7,9H2,1-3H3,(H2,16,17). The molecular weight excluding hydrogens is 222 g/mol. The van der Waals surface area contributed by atoms with Gasteiger partial charge in [-0.15, -0.1) is 0 Å². The second-order valence-corrected chi connectivity index (χ2v) is 5.27. The van der Waals surface area contributed by atoms with Crippen LogP contribution in [-0.4, -0.2) is 17.6 Å². The molecule has 0 radical (unpaired) electrons. The van der Waals surface area contributed by atoms with E-state index in [0.29, 0.717) is 12.0 Å². The first-order valence-corrected chi connectivity index (χ1v) is 7.06. The van der Waals surface area contributed by atoms with Crippen LogP contribution in [0.1, 0.15) is 45.6 Å². The van der Waals surface area contributed by atoms with Gasteiger partial charge in [0, 0.05) is 24.1 Å². The molecule has 0 saturated heterocycles. The molecule has 3 heteroatoms. The zero-order valence-electron chi connectivity index (χ0n) is 11.9. The molecule has 0 spiro atoms. The first kappa shape index (κ1) is 15.0. The molecule has 0 bridgehead atoms. The summed E-state index contributed by atoms with van der Waals surface area (Å²) in [5, 5.41) is 3.62. The van der Waals surface area contributed by atoms with Gasteiger partial charge in [0.05, 0.1) is 0 Å². The van der Waals surface area contributed by atoms with E-state index in [-0.39, 0.29) is 0 Å². The Morgan fingerprint density at radius 2 is 2.17 bits per heavy atom. The van der Waals surface area contributed by atoms with E-state index in [1.807, 2.05) is 12.3 Å². The lowest BCUT2D eigenvalue weighted by molar-refractivity contribution is 0.370. The molecule has 3 N–H and O–H groups in total. The number of nitrogens with one attached hydrogen (secondary N) is 1. The Hall–Kier alpha value is -1.09. The van der Waals surface area contributed by atoms with Gasteiger partial charge < -0.3 is 11.1 Å². The summed E-state index contributed by atoms with van der Waals surface area (Å²) in [6.45, 7) is 7.89. The van der Waals surface area contributed by atoms with Crippen LogP contribution in [0.4, 0.5) is 5.69 Å². The molecule has 1 heterocycles. The first-order chi connectivity index (χ1) is 8.65. The van der Waals surface area contributed by atoms with E-state index in [2.05, 4.69) is 31.1 Å². The number of aromatic nitrogens is 1. The summed E-state index contributed by atoms with van der Waals surface area (Å²) < 4.78 is 0. The topological polar surface area (TPSA) is 50.9 Å². The summed E-state index contributed by atoms with van der Waals surface area (Å²) in [5.74, 6) is 0.683. The number of nitrogens with zero attached hydrogens (tertiary/aromatic N) is 1. The Kier molecular flexibility index (Phi) is 6.73. The van der Waals surface area contributed by atoms with Crippen LogP contribution in [0.15, 0.2) is 18.5 Å². The summed E-state index contributed by atoms with van der Waals surface area (Å²) >= 11 is 0. The summed E-state index contributed by atoms with van der Waals surface area (Å²) in [6, 6.07) is 2.49. The lowest BCUT2D eigenvalue weighted by Gasteiger charge is -2.22. The van der Waals surface area contributed by atoms with Crippen LogP contribution in [0.25, 0.3) is 0 Å². The van der Waals surface area contributed by atoms with Gasteiger partial charge in [-0.05, 0) is 49.8 Å².